The number of Topliss-reactive ketones (excluding diaryl/α,β-unsaturated/α-hetero) is 1. The van der Waals surface area contributed by atoms with Crippen molar-refractivity contribution in [3.63, 3.8) is 0 Å². The van der Waals surface area contributed by atoms with Gasteiger partial charge in [0.1, 0.15) is 13.2 Å². The van der Waals surface area contributed by atoms with Gasteiger partial charge in [0.15, 0.2) is 17.3 Å². The summed E-state index contributed by atoms with van der Waals surface area (Å²) in [7, 11) is 0. The lowest BCUT2D eigenvalue weighted by Gasteiger charge is -2.25. The van der Waals surface area contributed by atoms with Crippen LogP contribution in [0, 0.1) is 5.92 Å². The third kappa shape index (κ3) is 4.43. The van der Waals surface area contributed by atoms with Crippen LogP contribution in [0.3, 0.4) is 0 Å². The van der Waals surface area contributed by atoms with Gasteiger partial charge in [-0.3, -0.25) is 9.59 Å². The molecule has 0 aliphatic carbocycles. The lowest BCUT2D eigenvalue weighted by atomic mass is 9.95. The molecule has 5 nitrogen and oxygen atoms in total. The largest absolute Gasteiger partial charge is 0.486 e. The zero-order chi connectivity index (χ0) is 18.5. The van der Waals surface area contributed by atoms with Crippen molar-refractivity contribution in [3.8, 4) is 11.5 Å². The molecule has 1 amide bonds. The zero-order valence-electron chi connectivity index (χ0n) is 15.0. The minimum absolute atomic E-state index is 0.00979. The lowest BCUT2D eigenvalue weighted by Crippen LogP contribution is -2.32. The molecule has 2 heterocycles. The molecule has 26 heavy (non-hydrogen) atoms. The second-order valence-corrected chi connectivity index (χ2v) is 7.54. The van der Waals surface area contributed by atoms with Crippen LogP contribution >= 0.6 is 11.3 Å². The summed E-state index contributed by atoms with van der Waals surface area (Å²) in [6.07, 6.45) is 0.406. The van der Waals surface area contributed by atoms with Crippen LogP contribution in [-0.2, 0) is 4.79 Å². The molecule has 0 radical (unpaired) electrons. The van der Waals surface area contributed by atoms with Crippen molar-refractivity contribution in [1.82, 2.24) is 5.32 Å². The monoisotopic (exact) mass is 373 g/mol. The summed E-state index contributed by atoms with van der Waals surface area (Å²) in [6, 6.07) is 9.25. The van der Waals surface area contributed by atoms with E-state index < -0.39 is 0 Å². The average Bonchev–Trinajstić information content (AvgIpc) is 3.18. The molecule has 0 fully saturated rings. The topological polar surface area (TPSA) is 64.6 Å². The minimum atomic E-state index is -0.143. The third-order valence-electron chi connectivity index (χ3n) is 4.28. The Labute approximate surface area is 157 Å². The van der Waals surface area contributed by atoms with Crippen molar-refractivity contribution >= 4 is 23.0 Å². The molecule has 1 aromatic carbocycles. The van der Waals surface area contributed by atoms with Crippen molar-refractivity contribution in [3.05, 3.63) is 46.2 Å². The SMILES string of the molecule is CC(C)[C@H](NC(=O)CCC(=O)c1cccs1)c1ccc2c(c1)OCCO2. The normalized spacial score (nSPS) is 14.1. The van der Waals surface area contributed by atoms with Gasteiger partial charge in [0.05, 0.1) is 10.9 Å². The minimum Gasteiger partial charge on any atom is -0.486 e. The molecule has 0 spiro atoms. The Hall–Kier alpha value is -2.34. The Morgan fingerprint density at radius 1 is 1.12 bits per heavy atom. The molecule has 6 heteroatoms. The molecule has 0 saturated heterocycles. The van der Waals surface area contributed by atoms with E-state index in [1.165, 1.54) is 11.3 Å². The molecule has 3 rings (SSSR count). The summed E-state index contributed by atoms with van der Waals surface area (Å²) in [5.74, 6) is 1.53. The van der Waals surface area contributed by atoms with Crippen molar-refractivity contribution in [1.29, 1.82) is 0 Å². The van der Waals surface area contributed by atoms with Gasteiger partial charge < -0.3 is 14.8 Å². The van der Waals surface area contributed by atoms with Gasteiger partial charge >= 0.3 is 0 Å². The Morgan fingerprint density at radius 3 is 2.58 bits per heavy atom. The number of fused-ring (bicyclic) bond motifs is 1. The van der Waals surface area contributed by atoms with E-state index >= 15 is 0 Å². The average molecular weight is 373 g/mol. The number of ether oxygens (including phenoxy) is 2. The maximum atomic E-state index is 12.4. The first kappa shape index (κ1) is 18.5. The van der Waals surface area contributed by atoms with Gasteiger partial charge in [-0.1, -0.05) is 26.0 Å². The molecule has 1 aliphatic heterocycles. The maximum Gasteiger partial charge on any atom is 0.220 e. The van der Waals surface area contributed by atoms with Gasteiger partial charge in [-0.05, 0) is 35.1 Å². The van der Waals surface area contributed by atoms with Crippen LogP contribution in [-0.4, -0.2) is 24.9 Å². The molecule has 0 saturated carbocycles. The number of benzene rings is 1. The maximum absolute atomic E-state index is 12.4. The van der Waals surface area contributed by atoms with Gasteiger partial charge in [0, 0.05) is 12.8 Å². The second kappa shape index (κ2) is 8.36. The van der Waals surface area contributed by atoms with Crippen molar-refractivity contribution in [2.45, 2.75) is 32.7 Å². The van der Waals surface area contributed by atoms with Crippen LogP contribution in [0.25, 0.3) is 0 Å². The number of thiophene rings is 1. The first-order valence-corrected chi connectivity index (χ1v) is 9.68. The fourth-order valence-corrected chi connectivity index (χ4v) is 3.62. The molecular formula is C20H23NO4S. The molecule has 0 unspecified atom stereocenters. The third-order valence-corrected chi connectivity index (χ3v) is 5.19. The highest BCUT2D eigenvalue weighted by atomic mass is 32.1. The van der Waals surface area contributed by atoms with Gasteiger partial charge in [-0.25, -0.2) is 0 Å². The fourth-order valence-electron chi connectivity index (χ4n) is 2.92. The summed E-state index contributed by atoms with van der Waals surface area (Å²) in [5.41, 5.74) is 0.974. The number of hydrogen-bond donors (Lipinski definition) is 1. The molecule has 1 atom stereocenters. The van der Waals surface area contributed by atoms with Crippen LogP contribution in [0.5, 0.6) is 11.5 Å². The molecule has 1 N–H and O–H groups in total. The predicted octanol–water partition coefficient (Wildman–Crippen LogP) is 4.00. The van der Waals surface area contributed by atoms with E-state index in [9.17, 15) is 9.59 Å². The predicted molar refractivity (Wildman–Crippen MR) is 101 cm³/mol. The van der Waals surface area contributed by atoms with E-state index in [1.54, 1.807) is 6.07 Å². The smallest absolute Gasteiger partial charge is 0.220 e. The van der Waals surface area contributed by atoms with Gasteiger partial charge in [-0.15, -0.1) is 11.3 Å². The van der Waals surface area contributed by atoms with E-state index in [1.807, 2.05) is 29.6 Å². The number of nitrogens with one attached hydrogen (secondary N) is 1. The van der Waals surface area contributed by atoms with Crippen molar-refractivity contribution in [2.75, 3.05) is 13.2 Å². The van der Waals surface area contributed by atoms with E-state index in [0.29, 0.717) is 23.8 Å². The van der Waals surface area contributed by atoms with E-state index in [2.05, 4.69) is 19.2 Å². The zero-order valence-corrected chi connectivity index (χ0v) is 15.8. The fraction of sp³-hybridized carbons (Fsp3) is 0.400. The van der Waals surface area contributed by atoms with Gasteiger partial charge in [-0.2, -0.15) is 0 Å². The molecule has 0 bridgehead atoms. The summed E-state index contributed by atoms with van der Waals surface area (Å²) in [4.78, 5) is 25.1. The molecule has 1 aromatic heterocycles. The number of carbonyl (C=O) groups excluding carboxylic acids is 2. The van der Waals surface area contributed by atoms with E-state index in [4.69, 9.17) is 9.47 Å². The van der Waals surface area contributed by atoms with Crippen LogP contribution in [0.4, 0.5) is 0 Å². The first-order chi connectivity index (χ1) is 12.5. The Morgan fingerprint density at radius 2 is 1.88 bits per heavy atom. The quantitative estimate of drug-likeness (QED) is 0.745. The van der Waals surface area contributed by atoms with Gasteiger partial charge in [0.25, 0.3) is 0 Å². The van der Waals surface area contributed by atoms with E-state index in [0.717, 1.165) is 11.3 Å². The number of carbonyl (C=O) groups is 2. The summed E-state index contributed by atoms with van der Waals surface area (Å²) >= 11 is 1.40. The standard InChI is InChI=1S/C20H23NO4S/c1-13(2)20(14-5-7-16-17(12-14)25-10-9-24-16)21-19(23)8-6-15(22)18-4-3-11-26-18/h3-5,7,11-13,20H,6,8-10H2,1-2H3,(H,21,23)/t20-/m0/s1. The Kier molecular flexibility index (Phi) is 5.93. The van der Waals surface area contributed by atoms with Gasteiger partial charge in [0.2, 0.25) is 5.91 Å². The van der Waals surface area contributed by atoms with Crippen LogP contribution in [0.1, 0.15) is 48.0 Å². The highest BCUT2D eigenvalue weighted by Crippen LogP contribution is 2.34. The molecular weight excluding hydrogens is 350 g/mol. The number of ketones is 1. The highest BCUT2D eigenvalue weighted by molar-refractivity contribution is 7.12. The summed E-state index contributed by atoms with van der Waals surface area (Å²) < 4.78 is 11.2. The molecule has 1 aliphatic rings. The lowest BCUT2D eigenvalue weighted by molar-refractivity contribution is -0.122. The van der Waals surface area contributed by atoms with Crippen LogP contribution in [0.15, 0.2) is 35.7 Å². The number of amides is 1. The Bertz CT molecular complexity index is 770. The van der Waals surface area contributed by atoms with Crippen molar-refractivity contribution < 1.29 is 19.1 Å². The van der Waals surface area contributed by atoms with E-state index in [-0.39, 0.29) is 36.5 Å². The van der Waals surface area contributed by atoms with Crippen LogP contribution < -0.4 is 14.8 Å². The van der Waals surface area contributed by atoms with Crippen LogP contribution in [0.2, 0.25) is 0 Å². The summed E-state index contributed by atoms with van der Waals surface area (Å²) in [6.45, 7) is 5.19. The highest BCUT2D eigenvalue weighted by Gasteiger charge is 2.22. The second-order valence-electron chi connectivity index (χ2n) is 6.59. The summed E-state index contributed by atoms with van der Waals surface area (Å²) in [5, 5.41) is 4.92. The number of rotatable bonds is 7. The first-order valence-electron chi connectivity index (χ1n) is 8.80. The molecule has 138 valence electrons. The molecule has 2 aromatic rings. The van der Waals surface area contributed by atoms with Crippen molar-refractivity contribution in [2.24, 2.45) is 5.92 Å². The number of hydrogen-bond acceptors (Lipinski definition) is 5. The Balaban J connectivity index is 1.63.